The summed E-state index contributed by atoms with van der Waals surface area (Å²) in [6.45, 7) is 2.09. The first-order valence-electron chi connectivity index (χ1n) is 9.05. The van der Waals surface area contributed by atoms with Crippen molar-refractivity contribution in [2.75, 3.05) is 19.6 Å². The van der Waals surface area contributed by atoms with Crippen molar-refractivity contribution in [3.8, 4) is 0 Å². The fraction of sp³-hybridized carbons (Fsp3) is 0.579. The van der Waals surface area contributed by atoms with Gasteiger partial charge in [-0.2, -0.15) is 0 Å². The van der Waals surface area contributed by atoms with E-state index in [-0.39, 0.29) is 17.9 Å². The molecule has 0 spiro atoms. The van der Waals surface area contributed by atoms with Gasteiger partial charge < -0.3 is 14.9 Å². The van der Waals surface area contributed by atoms with Crippen LogP contribution in [0.4, 0.5) is 0 Å². The number of carbonyl (C=O) groups is 2. The normalized spacial score (nSPS) is 22.8. The average molecular weight is 365 g/mol. The molecular weight excluding hydrogens is 340 g/mol. The number of aliphatic hydroxyl groups excluding tert-OH is 1. The fourth-order valence-electron chi connectivity index (χ4n) is 3.81. The van der Waals surface area contributed by atoms with Gasteiger partial charge in [0.15, 0.2) is 0 Å². The predicted octanol–water partition coefficient (Wildman–Crippen LogP) is 2.25. The molecule has 2 heterocycles. The first-order valence-corrected chi connectivity index (χ1v) is 9.43. The molecule has 2 fully saturated rings. The standard InChI is InChI=1S/C19H25ClN2O3/c20-15-7-5-14(6-8-15)13-17(23)19(25)21-10-1-3-16(9-12-21)22-11-2-4-18(22)24/h5-8,16-17,23H,1-4,9-13H2. The van der Waals surface area contributed by atoms with Crippen LogP contribution >= 0.6 is 11.6 Å². The maximum Gasteiger partial charge on any atom is 0.251 e. The second kappa shape index (κ2) is 8.19. The summed E-state index contributed by atoms with van der Waals surface area (Å²) >= 11 is 5.86. The van der Waals surface area contributed by atoms with E-state index in [0.717, 1.165) is 37.8 Å². The minimum Gasteiger partial charge on any atom is -0.383 e. The largest absolute Gasteiger partial charge is 0.383 e. The SMILES string of the molecule is O=C(C(O)Cc1ccc(Cl)cc1)N1CCCC(N2CCCC2=O)CC1. The van der Waals surface area contributed by atoms with Crippen LogP contribution in [-0.4, -0.2) is 58.5 Å². The minimum atomic E-state index is -1.04. The first-order chi connectivity index (χ1) is 12.0. The highest BCUT2D eigenvalue weighted by Crippen LogP contribution is 2.23. The highest BCUT2D eigenvalue weighted by Gasteiger charge is 2.31. The third kappa shape index (κ3) is 4.53. The molecule has 0 aliphatic carbocycles. The monoisotopic (exact) mass is 364 g/mol. The Hall–Kier alpha value is -1.59. The Morgan fingerprint density at radius 2 is 1.92 bits per heavy atom. The maximum atomic E-state index is 12.6. The smallest absolute Gasteiger partial charge is 0.251 e. The highest BCUT2D eigenvalue weighted by molar-refractivity contribution is 6.30. The Labute approximate surface area is 153 Å². The molecule has 3 rings (SSSR count). The first kappa shape index (κ1) is 18.2. The summed E-state index contributed by atoms with van der Waals surface area (Å²) in [4.78, 5) is 28.3. The van der Waals surface area contributed by atoms with Gasteiger partial charge in [-0.1, -0.05) is 23.7 Å². The average Bonchev–Trinajstić information content (AvgIpc) is 2.89. The lowest BCUT2D eigenvalue weighted by Gasteiger charge is -2.27. The molecule has 136 valence electrons. The predicted molar refractivity (Wildman–Crippen MR) is 96.3 cm³/mol. The van der Waals surface area contributed by atoms with Crippen LogP contribution < -0.4 is 0 Å². The Balaban J connectivity index is 1.55. The summed E-state index contributed by atoms with van der Waals surface area (Å²) in [5.74, 6) is 0.0240. The van der Waals surface area contributed by atoms with Gasteiger partial charge >= 0.3 is 0 Å². The van der Waals surface area contributed by atoms with Crippen LogP contribution in [0.3, 0.4) is 0 Å². The minimum absolute atomic E-state index is 0.219. The number of likely N-dealkylation sites (tertiary alicyclic amines) is 2. The van der Waals surface area contributed by atoms with E-state index in [2.05, 4.69) is 0 Å². The van der Waals surface area contributed by atoms with Crippen molar-refractivity contribution in [3.05, 3.63) is 34.9 Å². The second-order valence-electron chi connectivity index (χ2n) is 6.95. The zero-order chi connectivity index (χ0) is 17.8. The van der Waals surface area contributed by atoms with Crippen molar-refractivity contribution in [2.45, 2.75) is 50.7 Å². The van der Waals surface area contributed by atoms with Gasteiger partial charge in [0.2, 0.25) is 5.91 Å². The third-order valence-electron chi connectivity index (χ3n) is 5.19. The topological polar surface area (TPSA) is 60.9 Å². The molecule has 0 saturated carbocycles. The molecule has 2 atom stereocenters. The lowest BCUT2D eigenvalue weighted by molar-refractivity contribution is -0.140. The summed E-state index contributed by atoms with van der Waals surface area (Å²) in [5, 5.41) is 11.0. The van der Waals surface area contributed by atoms with Gasteiger partial charge in [-0.3, -0.25) is 9.59 Å². The van der Waals surface area contributed by atoms with Crippen LogP contribution in [0.1, 0.15) is 37.7 Å². The van der Waals surface area contributed by atoms with E-state index in [1.807, 2.05) is 17.0 Å². The molecule has 6 heteroatoms. The number of carbonyl (C=O) groups excluding carboxylic acids is 2. The number of hydrogen-bond acceptors (Lipinski definition) is 3. The molecular formula is C19H25ClN2O3. The Bertz CT molecular complexity index is 620. The van der Waals surface area contributed by atoms with Crippen LogP contribution in [0.25, 0.3) is 0 Å². The van der Waals surface area contributed by atoms with Gasteiger partial charge in [0, 0.05) is 43.5 Å². The van der Waals surface area contributed by atoms with Crippen LogP contribution in [0.5, 0.6) is 0 Å². The van der Waals surface area contributed by atoms with E-state index >= 15 is 0 Å². The molecule has 1 aromatic rings. The molecule has 2 aliphatic heterocycles. The van der Waals surface area contributed by atoms with Crippen LogP contribution in [0, 0.1) is 0 Å². The van der Waals surface area contributed by atoms with E-state index in [0.29, 0.717) is 31.0 Å². The van der Waals surface area contributed by atoms with E-state index in [4.69, 9.17) is 11.6 Å². The quantitative estimate of drug-likeness (QED) is 0.891. The van der Waals surface area contributed by atoms with Crippen molar-refractivity contribution in [2.24, 2.45) is 0 Å². The lowest BCUT2D eigenvalue weighted by atomic mass is 10.1. The summed E-state index contributed by atoms with van der Waals surface area (Å²) in [6, 6.07) is 7.42. The maximum absolute atomic E-state index is 12.6. The number of halogens is 1. The van der Waals surface area contributed by atoms with E-state index < -0.39 is 6.10 Å². The van der Waals surface area contributed by atoms with Gasteiger partial charge in [0.25, 0.3) is 5.91 Å². The highest BCUT2D eigenvalue weighted by atomic mass is 35.5. The molecule has 0 aromatic heterocycles. The third-order valence-corrected chi connectivity index (χ3v) is 5.44. The molecule has 5 nitrogen and oxygen atoms in total. The van der Waals surface area contributed by atoms with Crippen molar-refractivity contribution in [3.63, 3.8) is 0 Å². The van der Waals surface area contributed by atoms with Crippen molar-refractivity contribution in [1.82, 2.24) is 9.80 Å². The van der Waals surface area contributed by atoms with Crippen LogP contribution in [-0.2, 0) is 16.0 Å². The molecule has 2 aliphatic rings. The molecule has 0 bridgehead atoms. The molecule has 2 amide bonds. The fourth-order valence-corrected chi connectivity index (χ4v) is 3.93. The van der Waals surface area contributed by atoms with Crippen molar-refractivity contribution in [1.29, 1.82) is 0 Å². The van der Waals surface area contributed by atoms with Gasteiger partial charge in [-0.05, 0) is 43.4 Å². The number of hydrogen-bond donors (Lipinski definition) is 1. The van der Waals surface area contributed by atoms with Gasteiger partial charge in [-0.25, -0.2) is 0 Å². The molecule has 1 aromatic carbocycles. The zero-order valence-corrected chi connectivity index (χ0v) is 15.1. The lowest BCUT2D eigenvalue weighted by Crippen LogP contribution is -2.41. The summed E-state index contributed by atoms with van der Waals surface area (Å²) in [5.41, 5.74) is 0.889. The summed E-state index contributed by atoms with van der Waals surface area (Å²) in [6.07, 6.45) is 3.45. The van der Waals surface area contributed by atoms with E-state index in [1.165, 1.54) is 0 Å². The van der Waals surface area contributed by atoms with Crippen molar-refractivity contribution < 1.29 is 14.7 Å². The summed E-state index contributed by atoms with van der Waals surface area (Å²) < 4.78 is 0. The van der Waals surface area contributed by atoms with E-state index in [9.17, 15) is 14.7 Å². The molecule has 2 unspecified atom stereocenters. The van der Waals surface area contributed by atoms with Gasteiger partial charge in [0.05, 0.1) is 0 Å². The number of aliphatic hydroxyl groups is 1. The molecule has 2 saturated heterocycles. The zero-order valence-electron chi connectivity index (χ0n) is 14.4. The van der Waals surface area contributed by atoms with E-state index in [1.54, 1.807) is 17.0 Å². The molecule has 1 N–H and O–H groups in total. The number of nitrogens with zero attached hydrogens (tertiary/aromatic N) is 2. The Morgan fingerprint density at radius 1 is 1.16 bits per heavy atom. The van der Waals surface area contributed by atoms with Crippen molar-refractivity contribution >= 4 is 23.4 Å². The van der Waals surface area contributed by atoms with Gasteiger partial charge in [0.1, 0.15) is 6.10 Å². The van der Waals surface area contributed by atoms with Crippen LogP contribution in [0.15, 0.2) is 24.3 Å². The number of rotatable bonds is 4. The Kier molecular flexibility index (Phi) is 5.97. The number of benzene rings is 1. The van der Waals surface area contributed by atoms with Gasteiger partial charge in [-0.15, -0.1) is 0 Å². The molecule has 0 radical (unpaired) electrons. The number of amides is 2. The second-order valence-corrected chi connectivity index (χ2v) is 7.38. The summed E-state index contributed by atoms with van der Waals surface area (Å²) in [7, 11) is 0. The molecule has 25 heavy (non-hydrogen) atoms. The van der Waals surface area contributed by atoms with Crippen LogP contribution in [0.2, 0.25) is 5.02 Å². The Morgan fingerprint density at radius 3 is 2.60 bits per heavy atom.